The Balaban J connectivity index is 2.55. The Labute approximate surface area is 87.1 Å². The summed E-state index contributed by atoms with van der Waals surface area (Å²) < 4.78 is 0. The standard InChI is InChI=1S/C10H10ClN3/c1-6-3-4-8(11)5-9(6)10-12-7(2)13-14-10/h3-5H,1-2H3,(H,12,13,14). The van der Waals surface area contributed by atoms with Crippen LogP contribution in [0.2, 0.25) is 5.02 Å². The Morgan fingerprint density at radius 2 is 2.07 bits per heavy atom. The van der Waals surface area contributed by atoms with Crippen LogP contribution >= 0.6 is 11.6 Å². The van der Waals surface area contributed by atoms with Crippen LogP contribution in [0, 0.1) is 13.8 Å². The minimum Gasteiger partial charge on any atom is -0.263 e. The number of aromatic nitrogens is 3. The molecule has 2 aromatic rings. The molecule has 0 bridgehead atoms. The van der Waals surface area contributed by atoms with Gasteiger partial charge in [-0.15, -0.1) is 0 Å². The largest absolute Gasteiger partial charge is 0.263 e. The zero-order valence-corrected chi connectivity index (χ0v) is 8.76. The Kier molecular flexibility index (Phi) is 2.25. The smallest absolute Gasteiger partial charge is 0.181 e. The van der Waals surface area contributed by atoms with Crippen LogP contribution in [0.5, 0.6) is 0 Å². The first-order valence-electron chi connectivity index (χ1n) is 4.32. The monoisotopic (exact) mass is 207 g/mol. The first-order chi connectivity index (χ1) is 6.66. The van der Waals surface area contributed by atoms with E-state index < -0.39 is 0 Å². The third kappa shape index (κ3) is 1.63. The number of rotatable bonds is 1. The summed E-state index contributed by atoms with van der Waals surface area (Å²) in [6.45, 7) is 3.88. The van der Waals surface area contributed by atoms with Gasteiger partial charge in [-0.2, -0.15) is 5.10 Å². The molecule has 72 valence electrons. The van der Waals surface area contributed by atoms with Crippen molar-refractivity contribution in [2.75, 3.05) is 0 Å². The van der Waals surface area contributed by atoms with E-state index in [1.807, 2.05) is 32.0 Å². The van der Waals surface area contributed by atoms with Crippen LogP contribution in [0.3, 0.4) is 0 Å². The van der Waals surface area contributed by atoms with Crippen LogP contribution in [-0.4, -0.2) is 15.2 Å². The van der Waals surface area contributed by atoms with Crippen molar-refractivity contribution in [1.82, 2.24) is 15.2 Å². The van der Waals surface area contributed by atoms with Crippen molar-refractivity contribution >= 4 is 11.6 Å². The summed E-state index contributed by atoms with van der Waals surface area (Å²) in [5.41, 5.74) is 2.09. The fourth-order valence-electron chi connectivity index (χ4n) is 1.30. The van der Waals surface area contributed by atoms with E-state index in [-0.39, 0.29) is 0 Å². The van der Waals surface area contributed by atoms with Crippen LogP contribution in [0.25, 0.3) is 11.4 Å². The quantitative estimate of drug-likeness (QED) is 0.781. The topological polar surface area (TPSA) is 41.6 Å². The Morgan fingerprint density at radius 3 is 2.71 bits per heavy atom. The molecular weight excluding hydrogens is 198 g/mol. The number of nitrogens with zero attached hydrogens (tertiary/aromatic N) is 2. The summed E-state index contributed by atoms with van der Waals surface area (Å²) >= 11 is 5.91. The molecule has 0 radical (unpaired) electrons. The molecule has 0 spiro atoms. The average molecular weight is 208 g/mol. The Hall–Kier alpha value is -1.35. The van der Waals surface area contributed by atoms with E-state index in [2.05, 4.69) is 15.2 Å². The number of nitrogens with one attached hydrogen (secondary N) is 1. The lowest BCUT2D eigenvalue weighted by molar-refractivity contribution is 1.04. The second-order valence-corrected chi connectivity index (χ2v) is 3.64. The number of aryl methyl sites for hydroxylation is 2. The zero-order chi connectivity index (χ0) is 10.1. The molecule has 1 aromatic carbocycles. The highest BCUT2D eigenvalue weighted by atomic mass is 35.5. The summed E-state index contributed by atoms with van der Waals surface area (Å²) in [6.07, 6.45) is 0. The van der Waals surface area contributed by atoms with E-state index in [4.69, 9.17) is 11.6 Å². The van der Waals surface area contributed by atoms with Crippen LogP contribution < -0.4 is 0 Å². The van der Waals surface area contributed by atoms with Crippen molar-refractivity contribution in [3.8, 4) is 11.4 Å². The highest BCUT2D eigenvalue weighted by Gasteiger charge is 2.07. The fraction of sp³-hybridized carbons (Fsp3) is 0.200. The molecule has 0 amide bonds. The molecule has 4 heteroatoms. The van der Waals surface area contributed by atoms with E-state index in [9.17, 15) is 0 Å². The lowest BCUT2D eigenvalue weighted by atomic mass is 10.1. The minimum atomic E-state index is 0.697. The molecule has 0 aliphatic heterocycles. The summed E-state index contributed by atoms with van der Waals surface area (Å²) in [5, 5.41) is 7.60. The molecule has 0 saturated carbocycles. The second kappa shape index (κ2) is 3.42. The fourth-order valence-corrected chi connectivity index (χ4v) is 1.47. The predicted octanol–water partition coefficient (Wildman–Crippen LogP) is 2.74. The van der Waals surface area contributed by atoms with Gasteiger partial charge in [-0.1, -0.05) is 17.7 Å². The molecule has 14 heavy (non-hydrogen) atoms. The lowest BCUT2D eigenvalue weighted by Crippen LogP contribution is -1.85. The normalized spacial score (nSPS) is 10.5. The summed E-state index contributed by atoms with van der Waals surface area (Å²) in [7, 11) is 0. The van der Waals surface area contributed by atoms with Crippen molar-refractivity contribution < 1.29 is 0 Å². The van der Waals surface area contributed by atoms with Crippen molar-refractivity contribution in [1.29, 1.82) is 0 Å². The second-order valence-electron chi connectivity index (χ2n) is 3.20. The molecular formula is C10H10ClN3. The highest BCUT2D eigenvalue weighted by molar-refractivity contribution is 6.30. The van der Waals surface area contributed by atoms with Gasteiger partial charge in [0.05, 0.1) is 0 Å². The van der Waals surface area contributed by atoms with Gasteiger partial charge >= 0.3 is 0 Å². The predicted molar refractivity (Wildman–Crippen MR) is 56.3 cm³/mol. The zero-order valence-electron chi connectivity index (χ0n) is 8.00. The van der Waals surface area contributed by atoms with Crippen LogP contribution in [0.4, 0.5) is 0 Å². The molecule has 0 aliphatic carbocycles. The summed E-state index contributed by atoms with van der Waals surface area (Å²) in [6, 6.07) is 5.70. The maximum Gasteiger partial charge on any atom is 0.181 e. The first kappa shape index (κ1) is 9.21. The van der Waals surface area contributed by atoms with Gasteiger partial charge in [0.2, 0.25) is 0 Å². The number of hydrogen-bond donors (Lipinski definition) is 1. The van der Waals surface area contributed by atoms with Gasteiger partial charge in [-0.05, 0) is 31.5 Å². The van der Waals surface area contributed by atoms with E-state index in [1.165, 1.54) is 0 Å². The molecule has 0 aliphatic rings. The molecule has 0 unspecified atom stereocenters. The lowest BCUT2D eigenvalue weighted by Gasteiger charge is -2.00. The number of halogens is 1. The summed E-state index contributed by atoms with van der Waals surface area (Å²) in [5.74, 6) is 1.50. The van der Waals surface area contributed by atoms with E-state index >= 15 is 0 Å². The van der Waals surface area contributed by atoms with Gasteiger partial charge in [-0.3, -0.25) is 5.10 Å². The third-order valence-corrected chi connectivity index (χ3v) is 2.27. The molecule has 1 aromatic heterocycles. The van der Waals surface area contributed by atoms with Gasteiger partial charge in [-0.25, -0.2) is 4.98 Å². The highest BCUT2D eigenvalue weighted by Crippen LogP contribution is 2.23. The van der Waals surface area contributed by atoms with E-state index in [0.29, 0.717) is 10.8 Å². The Bertz CT molecular complexity index is 462. The van der Waals surface area contributed by atoms with Crippen LogP contribution in [0.15, 0.2) is 18.2 Å². The van der Waals surface area contributed by atoms with E-state index in [0.717, 1.165) is 17.0 Å². The molecule has 3 nitrogen and oxygen atoms in total. The van der Waals surface area contributed by atoms with E-state index in [1.54, 1.807) is 0 Å². The van der Waals surface area contributed by atoms with Crippen molar-refractivity contribution in [3.05, 3.63) is 34.6 Å². The number of benzene rings is 1. The maximum absolute atomic E-state index is 5.91. The van der Waals surface area contributed by atoms with Gasteiger partial charge in [0.15, 0.2) is 5.82 Å². The number of hydrogen-bond acceptors (Lipinski definition) is 2. The number of H-pyrrole nitrogens is 1. The minimum absolute atomic E-state index is 0.697. The van der Waals surface area contributed by atoms with Crippen LogP contribution in [0.1, 0.15) is 11.4 Å². The van der Waals surface area contributed by atoms with Crippen LogP contribution in [-0.2, 0) is 0 Å². The molecule has 0 fully saturated rings. The molecule has 0 atom stereocenters. The molecule has 1 N–H and O–H groups in total. The van der Waals surface area contributed by atoms with Crippen molar-refractivity contribution in [3.63, 3.8) is 0 Å². The van der Waals surface area contributed by atoms with Gasteiger partial charge in [0.25, 0.3) is 0 Å². The molecule has 0 saturated heterocycles. The SMILES string of the molecule is Cc1nc(-c2cc(Cl)ccc2C)n[nH]1. The van der Waals surface area contributed by atoms with Crippen molar-refractivity contribution in [2.45, 2.75) is 13.8 Å². The van der Waals surface area contributed by atoms with Gasteiger partial charge < -0.3 is 0 Å². The average Bonchev–Trinajstić information content (AvgIpc) is 2.56. The van der Waals surface area contributed by atoms with Gasteiger partial charge in [0.1, 0.15) is 5.82 Å². The van der Waals surface area contributed by atoms with Gasteiger partial charge in [0, 0.05) is 10.6 Å². The first-order valence-corrected chi connectivity index (χ1v) is 4.70. The summed E-state index contributed by atoms with van der Waals surface area (Å²) in [4.78, 5) is 4.26. The molecule has 1 heterocycles. The molecule has 2 rings (SSSR count). The maximum atomic E-state index is 5.91. The third-order valence-electron chi connectivity index (χ3n) is 2.04. The van der Waals surface area contributed by atoms with Crippen molar-refractivity contribution in [2.24, 2.45) is 0 Å². The Morgan fingerprint density at radius 1 is 1.29 bits per heavy atom. The number of aromatic amines is 1.